The van der Waals surface area contributed by atoms with E-state index in [1.54, 1.807) is 6.20 Å². The van der Waals surface area contributed by atoms with Gasteiger partial charge in [-0.25, -0.2) is 9.79 Å². The van der Waals surface area contributed by atoms with E-state index in [9.17, 15) is 29.7 Å². The highest BCUT2D eigenvalue weighted by Crippen LogP contribution is 2.46. The van der Waals surface area contributed by atoms with E-state index in [1.807, 2.05) is 18.2 Å². The third kappa shape index (κ3) is 11.0. The summed E-state index contributed by atoms with van der Waals surface area (Å²) in [5, 5.41) is 39.6. The zero-order valence-corrected chi connectivity index (χ0v) is 30.4. The van der Waals surface area contributed by atoms with Crippen LogP contribution >= 0.6 is 0 Å². The van der Waals surface area contributed by atoms with Gasteiger partial charge in [0.15, 0.2) is 5.96 Å². The molecule has 53 heavy (non-hydrogen) atoms. The predicted molar refractivity (Wildman–Crippen MR) is 207 cm³/mol. The molecular weight excluding hydrogens is 672 g/mol. The number of nitrogens with one attached hydrogen (secondary N) is 2. The number of benzene rings is 2. The molecule has 2 aliphatic rings. The number of aromatic nitrogens is 1. The summed E-state index contributed by atoms with van der Waals surface area (Å²) in [6, 6.07) is 12.9. The van der Waals surface area contributed by atoms with Gasteiger partial charge in [-0.1, -0.05) is 60.9 Å². The van der Waals surface area contributed by atoms with E-state index >= 15 is 0 Å². The van der Waals surface area contributed by atoms with Gasteiger partial charge in [0.1, 0.15) is 12.6 Å². The first-order valence-electron chi connectivity index (χ1n) is 19.0. The molecule has 0 amide bonds. The van der Waals surface area contributed by atoms with Crippen molar-refractivity contribution in [3.8, 4) is 0 Å². The molecule has 0 saturated heterocycles. The zero-order valence-electron chi connectivity index (χ0n) is 30.4. The fraction of sp³-hybridized carbons (Fsp3) is 0.512. The van der Waals surface area contributed by atoms with Gasteiger partial charge in [-0.05, 0) is 115 Å². The number of carboxylic acid groups (broad SMARTS) is 1. The van der Waals surface area contributed by atoms with E-state index in [4.69, 9.17) is 16.8 Å². The predicted octanol–water partition coefficient (Wildman–Crippen LogP) is 4.93. The second-order valence-corrected chi connectivity index (χ2v) is 14.7. The van der Waals surface area contributed by atoms with Gasteiger partial charge in [-0.3, -0.25) is 0 Å². The monoisotopic (exact) mass is 727 g/mol. The molecule has 1 aromatic heterocycles. The summed E-state index contributed by atoms with van der Waals surface area (Å²) in [5.74, 6) is -0.118. The molecule has 7 atom stereocenters. The van der Waals surface area contributed by atoms with Crippen LogP contribution in [0, 0.1) is 11.8 Å². The van der Waals surface area contributed by atoms with Crippen LogP contribution in [0.25, 0.3) is 16.1 Å². The average Bonchev–Trinajstić information content (AvgIpc) is 3.66. The number of carbonyl (C=O) groups is 3. The minimum absolute atomic E-state index is 0.0565. The molecule has 0 bridgehead atoms. The number of carboxylic acids is 1. The van der Waals surface area contributed by atoms with Crippen LogP contribution in [0.1, 0.15) is 86.8 Å². The number of aromatic amines is 1. The van der Waals surface area contributed by atoms with Gasteiger partial charge in [0.2, 0.25) is 0 Å². The molecule has 0 saturated carbocycles. The second kappa shape index (κ2) is 19.5. The Labute approximate surface area is 311 Å². The Hall–Kier alpha value is -4.52. The molecule has 7 unspecified atom stereocenters. The Morgan fingerprint density at radius 1 is 1.06 bits per heavy atom. The highest BCUT2D eigenvalue weighted by molar-refractivity contribution is 5.86. The molecule has 2 aromatic carbocycles. The first-order chi connectivity index (χ1) is 25.7. The molecule has 9 N–H and O–H groups in total. The van der Waals surface area contributed by atoms with E-state index in [0.717, 1.165) is 67.4 Å². The normalized spacial score (nSPS) is 21.9. The molecule has 3 aromatic rings. The fourth-order valence-corrected chi connectivity index (χ4v) is 8.27. The van der Waals surface area contributed by atoms with E-state index in [0.29, 0.717) is 49.9 Å². The number of fused-ring (bicyclic) bond motifs is 2. The van der Waals surface area contributed by atoms with Crippen LogP contribution in [0.5, 0.6) is 0 Å². The van der Waals surface area contributed by atoms with Crippen molar-refractivity contribution in [2.24, 2.45) is 28.3 Å². The Morgan fingerprint density at radius 3 is 2.62 bits per heavy atom. The summed E-state index contributed by atoms with van der Waals surface area (Å²) in [6.45, 7) is -0.0980. The number of rotatable bonds is 21. The number of aliphatic hydroxyl groups is 2. The molecule has 286 valence electrons. The van der Waals surface area contributed by atoms with Crippen molar-refractivity contribution >= 4 is 41.1 Å². The maximum Gasteiger partial charge on any atom is 0.328 e. The van der Waals surface area contributed by atoms with Gasteiger partial charge >= 0.3 is 5.97 Å². The summed E-state index contributed by atoms with van der Waals surface area (Å²) < 4.78 is 0. The third-order valence-corrected chi connectivity index (χ3v) is 11.0. The highest BCUT2D eigenvalue weighted by Gasteiger charge is 2.34. The molecule has 0 fully saturated rings. The molecule has 12 nitrogen and oxygen atoms in total. The molecule has 0 radical (unpaired) electrons. The van der Waals surface area contributed by atoms with Gasteiger partial charge in [0.25, 0.3) is 0 Å². The average molecular weight is 728 g/mol. The molecule has 5 rings (SSSR count). The number of aldehydes is 2. The first-order valence-corrected chi connectivity index (χ1v) is 19.0. The molecule has 2 heterocycles. The minimum atomic E-state index is -1.09. The first kappa shape index (κ1) is 39.7. The Kier molecular flexibility index (Phi) is 14.6. The summed E-state index contributed by atoms with van der Waals surface area (Å²) in [5.41, 5.74) is 16.8. The number of nitrogens with two attached hydrogens (primary N) is 2. The molecule has 12 heteroatoms. The maximum absolute atomic E-state index is 12.3. The SMILES string of the molecule is NC1=NC(C(=CC(=O)O)C(CC2CCc3cc4ccc(CC=O)cc4cc3C2CCCC(N)CCC(C=O)CCCO)[N-]c2ccc[nH]2)CC(CO)N1. The fourth-order valence-electron chi connectivity index (χ4n) is 8.27. The van der Waals surface area contributed by atoms with Crippen LogP contribution < -0.4 is 16.8 Å². The van der Waals surface area contributed by atoms with Crippen molar-refractivity contribution in [1.82, 2.24) is 10.3 Å². The number of hydrogen-bond acceptors (Lipinski definition) is 9. The third-order valence-electron chi connectivity index (χ3n) is 11.0. The number of hydrogen-bond donors (Lipinski definition) is 7. The Bertz CT molecular complexity index is 1720. The lowest BCUT2D eigenvalue weighted by atomic mass is 9.69. The lowest BCUT2D eigenvalue weighted by molar-refractivity contribution is -0.131. The van der Waals surface area contributed by atoms with Gasteiger partial charge in [0, 0.05) is 31.1 Å². The number of aliphatic carboxylic acids is 1. The van der Waals surface area contributed by atoms with Crippen molar-refractivity contribution in [3.63, 3.8) is 0 Å². The van der Waals surface area contributed by atoms with Crippen molar-refractivity contribution in [2.45, 2.75) is 107 Å². The number of aliphatic imine (C=N–C) groups is 1. The van der Waals surface area contributed by atoms with E-state index < -0.39 is 18.1 Å². The second-order valence-electron chi connectivity index (χ2n) is 14.7. The smallest absolute Gasteiger partial charge is 0.328 e. The number of aliphatic hydroxyl groups excluding tert-OH is 2. The minimum Gasteiger partial charge on any atom is -0.478 e. The molecule has 1 aliphatic carbocycles. The molecule has 1 aliphatic heterocycles. The van der Waals surface area contributed by atoms with Gasteiger partial charge < -0.3 is 52.0 Å². The maximum atomic E-state index is 12.3. The van der Waals surface area contributed by atoms with Crippen LogP contribution in [0.2, 0.25) is 0 Å². The van der Waals surface area contributed by atoms with Crippen molar-refractivity contribution in [1.29, 1.82) is 0 Å². The summed E-state index contributed by atoms with van der Waals surface area (Å²) >= 11 is 0. The molecule has 0 spiro atoms. The Morgan fingerprint density at radius 2 is 1.91 bits per heavy atom. The largest absolute Gasteiger partial charge is 0.478 e. The number of aryl methyl sites for hydroxylation is 1. The van der Waals surface area contributed by atoms with E-state index in [1.165, 1.54) is 17.2 Å². The number of H-pyrrole nitrogens is 1. The van der Waals surface area contributed by atoms with Crippen molar-refractivity contribution in [3.05, 3.63) is 82.3 Å². The van der Waals surface area contributed by atoms with E-state index in [2.05, 4.69) is 39.6 Å². The van der Waals surface area contributed by atoms with Gasteiger partial charge in [0.05, 0.1) is 18.7 Å². The van der Waals surface area contributed by atoms with Crippen molar-refractivity contribution < 1.29 is 29.7 Å². The van der Waals surface area contributed by atoms with Crippen molar-refractivity contribution in [2.75, 3.05) is 13.2 Å². The summed E-state index contributed by atoms with van der Waals surface area (Å²) in [4.78, 5) is 43.0. The lowest BCUT2D eigenvalue weighted by Gasteiger charge is -2.40. The van der Waals surface area contributed by atoms with Crippen LogP contribution in [0.15, 0.2) is 65.3 Å². The van der Waals surface area contributed by atoms with Gasteiger partial charge in [-0.2, -0.15) is 0 Å². The highest BCUT2D eigenvalue weighted by atomic mass is 16.4. The zero-order chi connectivity index (χ0) is 37.7. The number of guanidine groups is 1. The lowest BCUT2D eigenvalue weighted by Crippen LogP contribution is -2.49. The van der Waals surface area contributed by atoms with Crippen LogP contribution in [-0.2, 0) is 27.2 Å². The van der Waals surface area contributed by atoms with Crippen LogP contribution in [0.3, 0.4) is 0 Å². The standard InChI is InChI=1S/C41H55N6O6/c42-32(13-9-27(24-50)4-3-16-48)5-1-6-34-30(12-11-29-19-28-10-8-26(14-17-49)18-31(28)20-35(29)34)21-37(46-39-7-2-15-44-39)36(23-40(52)53)38-22-33(25-51)45-41(43)47-38/h2,7-8,10,15,17-20,23-24,27,30,32-34,37-38,44,48,51H,1,3-6,9,11-14,16,21-22,25,42H2,(H,52,53)(H3,43,45,47)/q-1. The quantitative estimate of drug-likeness (QED) is 0.0584. The van der Waals surface area contributed by atoms with Crippen LogP contribution in [0.4, 0.5) is 5.82 Å². The van der Waals surface area contributed by atoms with E-state index in [-0.39, 0.29) is 49.0 Å². The van der Waals surface area contributed by atoms with Gasteiger partial charge in [-0.15, -0.1) is 0 Å². The topological polar surface area (TPSA) is 218 Å². The summed E-state index contributed by atoms with van der Waals surface area (Å²) in [6.07, 6.45) is 13.2. The number of nitrogens with zero attached hydrogens (tertiary/aromatic N) is 2. The summed E-state index contributed by atoms with van der Waals surface area (Å²) in [7, 11) is 0. The van der Waals surface area contributed by atoms with Crippen LogP contribution in [-0.4, -0.2) is 82.2 Å². The Balaban J connectivity index is 1.46. The number of carbonyl (C=O) groups excluding carboxylic acids is 2. The molecular formula is C41H55N6O6-.